The topological polar surface area (TPSA) is 20.2 Å². The van der Waals surface area contributed by atoms with E-state index in [0.29, 0.717) is 0 Å². The van der Waals surface area contributed by atoms with Crippen LogP contribution >= 0.6 is 15.9 Å². The van der Waals surface area contributed by atoms with Gasteiger partial charge in [-0.1, -0.05) is 15.9 Å². The molecule has 0 radical (unpaired) electrons. The SMILES string of the molecule is OC(CBr)C(F)(F)C(F)F. The van der Waals surface area contributed by atoms with Crippen molar-refractivity contribution < 1.29 is 22.7 Å². The van der Waals surface area contributed by atoms with Gasteiger partial charge in [-0.15, -0.1) is 0 Å². The lowest BCUT2D eigenvalue weighted by molar-refractivity contribution is -0.183. The summed E-state index contributed by atoms with van der Waals surface area (Å²) in [5.41, 5.74) is 0. The highest BCUT2D eigenvalue weighted by Gasteiger charge is 2.47. The number of halogens is 5. The van der Waals surface area contributed by atoms with Gasteiger partial charge in [-0.2, -0.15) is 8.78 Å². The van der Waals surface area contributed by atoms with Crippen molar-refractivity contribution in [2.24, 2.45) is 0 Å². The molecule has 10 heavy (non-hydrogen) atoms. The molecule has 0 aromatic heterocycles. The van der Waals surface area contributed by atoms with Gasteiger partial charge in [-0.3, -0.25) is 0 Å². The summed E-state index contributed by atoms with van der Waals surface area (Å²) in [5, 5.41) is 7.71. The van der Waals surface area contributed by atoms with E-state index in [9.17, 15) is 17.6 Å². The van der Waals surface area contributed by atoms with Crippen molar-refractivity contribution in [2.75, 3.05) is 5.33 Å². The summed E-state index contributed by atoms with van der Waals surface area (Å²) >= 11 is 2.46. The molecule has 1 unspecified atom stereocenters. The van der Waals surface area contributed by atoms with Crippen molar-refractivity contribution in [1.29, 1.82) is 0 Å². The maximum Gasteiger partial charge on any atom is 0.333 e. The average molecular weight is 225 g/mol. The third-order valence-electron chi connectivity index (χ3n) is 0.881. The highest BCUT2D eigenvalue weighted by Crippen LogP contribution is 2.27. The lowest BCUT2D eigenvalue weighted by Crippen LogP contribution is -2.41. The van der Waals surface area contributed by atoms with Gasteiger partial charge in [-0.05, 0) is 0 Å². The van der Waals surface area contributed by atoms with Gasteiger partial charge >= 0.3 is 12.3 Å². The Morgan fingerprint density at radius 3 is 1.90 bits per heavy atom. The second-order valence-electron chi connectivity index (χ2n) is 1.65. The third-order valence-corrected chi connectivity index (χ3v) is 1.49. The molecule has 1 nitrogen and oxygen atoms in total. The predicted molar refractivity (Wildman–Crippen MR) is 30.8 cm³/mol. The predicted octanol–water partition coefficient (Wildman–Crippen LogP) is 1.64. The van der Waals surface area contributed by atoms with Crippen LogP contribution < -0.4 is 0 Å². The normalized spacial score (nSPS) is 15.9. The zero-order chi connectivity index (χ0) is 8.36. The molecule has 0 aromatic rings. The van der Waals surface area contributed by atoms with Crippen molar-refractivity contribution in [3.63, 3.8) is 0 Å². The van der Waals surface area contributed by atoms with Crippen molar-refractivity contribution >= 4 is 15.9 Å². The second-order valence-corrected chi connectivity index (χ2v) is 2.29. The zero-order valence-corrected chi connectivity index (χ0v) is 6.28. The summed E-state index contributed by atoms with van der Waals surface area (Å²) < 4.78 is 46.5. The summed E-state index contributed by atoms with van der Waals surface area (Å²) in [4.78, 5) is 0. The molecule has 6 heteroatoms. The van der Waals surface area contributed by atoms with Crippen LogP contribution in [0.25, 0.3) is 0 Å². The minimum atomic E-state index is -4.32. The van der Waals surface area contributed by atoms with Crippen LogP contribution in [0.3, 0.4) is 0 Å². The summed E-state index contributed by atoms with van der Waals surface area (Å²) in [7, 11) is 0. The molecule has 0 heterocycles. The van der Waals surface area contributed by atoms with Gasteiger partial charge in [0.2, 0.25) is 0 Å². The first-order chi connectivity index (χ1) is 4.42. The molecular formula is C4H5BrF4O. The first kappa shape index (κ1) is 10.2. The smallest absolute Gasteiger partial charge is 0.333 e. The number of hydrogen-bond acceptors (Lipinski definition) is 1. The highest BCUT2D eigenvalue weighted by molar-refractivity contribution is 9.09. The molecule has 1 atom stereocenters. The van der Waals surface area contributed by atoms with Gasteiger partial charge in [-0.25, -0.2) is 8.78 Å². The molecule has 0 bridgehead atoms. The van der Waals surface area contributed by atoms with Crippen LogP contribution in [0.1, 0.15) is 0 Å². The fraction of sp³-hybridized carbons (Fsp3) is 1.00. The summed E-state index contributed by atoms with van der Waals surface area (Å²) in [6, 6.07) is 0. The minimum absolute atomic E-state index is 0.565. The maximum absolute atomic E-state index is 11.9. The van der Waals surface area contributed by atoms with E-state index in [1.54, 1.807) is 0 Å². The third kappa shape index (κ3) is 2.09. The molecule has 0 fully saturated rings. The van der Waals surface area contributed by atoms with Gasteiger partial charge in [0, 0.05) is 5.33 Å². The molecular weight excluding hydrogens is 220 g/mol. The summed E-state index contributed by atoms with van der Waals surface area (Å²) in [5.74, 6) is -4.32. The largest absolute Gasteiger partial charge is 0.386 e. The first-order valence-corrected chi connectivity index (χ1v) is 3.45. The first-order valence-electron chi connectivity index (χ1n) is 2.33. The van der Waals surface area contributed by atoms with Crippen LogP contribution in [0.5, 0.6) is 0 Å². The van der Waals surface area contributed by atoms with Crippen molar-refractivity contribution in [1.82, 2.24) is 0 Å². The van der Waals surface area contributed by atoms with Gasteiger partial charge in [0.15, 0.2) is 0 Å². The maximum atomic E-state index is 11.9. The van der Waals surface area contributed by atoms with E-state index in [1.165, 1.54) is 0 Å². The second kappa shape index (κ2) is 3.52. The number of alkyl halides is 5. The van der Waals surface area contributed by atoms with Gasteiger partial charge in [0.1, 0.15) is 6.10 Å². The molecule has 62 valence electrons. The van der Waals surface area contributed by atoms with Crippen LogP contribution in [0, 0.1) is 0 Å². The molecule has 0 aliphatic heterocycles. The Hall–Kier alpha value is 0.160. The number of aliphatic hydroxyl groups excluding tert-OH is 1. The number of aliphatic hydroxyl groups is 1. The van der Waals surface area contributed by atoms with E-state index in [1.807, 2.05) is 0 Å². The van der Waals surface area contributed by atoms with Crippen LogP contribution in [-0.4, -0.2) is 28.9 Å². The van der Waals surface area contributed by atoms with E-state index in [-0.39, 0.29) is 0 Å². The van der Waals surface area contributed by atoms with Crippen molar-refractivity contribution in [2.45, 2.75) is 18.5 Å². The Kier molecular flexibility index (Phi) is 3.58. The Morgan fingerprint density at radius 2 is 1.80 bits per heavy atom. The minimum Gasteiger partial charge on any atom is -0.386 e. The molecule has 1 N–H and O–H groups in total. The van der Waals surface area contributed by atoms with Crippen molar-refractivity contribution in [3.05, 3.63) is 0 Å². The fourth-order valence-corrected chi connectivity index (χ4v) is 0.680. The highest BCUT2D eigenvalue weighted by atomic mass is 79.9. The number of hydrogen-bond donors (Lipinski definition) is 1. The Bertz CT molecular complexity index is 107. The Morgan fingerprint density at radius 1 is 1.40 bits per heavy atom. The lowest BCUT2D eigenvalue weighted by atomic mass is 10.2. The van der Waals surface area contributed by atoms with E-state index >= 15 is 0 Å². The standard InChI is InChI=1S/C4H5BrF4O/c5-1-2(10)4(8,9)3(6)7/h2-3,10H,1H2. The zero-order valence-electron chi connectivity index (χ0n) is 4.70. The van der Waals surface area contributed by atoms with Crippen LogP contribution in [0.15, 0.2) is 0 Å². The molecule has 0 aliphatic carbocycles. The monoisotopic (exact) mass is 224 g/mol. The van der Waals surface area contributed by atoms with Crippen LogP contribution in [-0.2, 0) is 0 Å². The quantitative estimate of drug-likeness (QED) is 0.571. The molecule has 0 aliphatic rings. The van der Waals surface area contributed by atoms with Crippen LogP contribution in [0.2, 0.25) is 0 Å². The Balaban J connectivity index is 4.09. The van der Waals surface area contributed by atoms with Gasteiger partial charge in [0.05, 0.1) is 0 Å². The number of rotatable bonds is 3. The Labute approximate surface area is 63.2 Å². The summed E-state index contributed by atoms with van der Waals surface area (Å²) in [6.45, 7) is 0. The average Bonchev–Trinajstić information content (AvgIpc) is 1.86. The lowest BCUT2D eigenvalue weighted by Gasteiger charge is -2.19. The van der Waals surface area contributed by atoms with Gasteiger partial charge in [0.25, 0.3) is 0 Å². The van der Waals surface area contributed by atoms with E-state index < -0.39 is 23.8 Å². The molecule has 0 aromatic carbocycles. The van der Waals surface area contributed by atoms with Crippen molar-refractivity contribution in [3.8, 4) is 0 Å². The fourth-order valence-electron chi connectivity index (χ4n) is 0.248. The summed E-state index contributed by atoms with van der Waals surface area (Å²) in [6.07, 6.45) is -6.15. The molecule has 0 rings (SSSR count). The van der Waals surface area contributed by atoms with E-state index in [4.69, 9.17) is 5.11 Å². The van der Waals surface area contributed by atoms with E-state index in [0.717, 1.165) is 0 Å². The molecule has 0 saturated heterocycles. The van der Waals surface area contributed by atoms with E-state index in [2.05, 4.69) is 15.9 Å². The molecule has 0 saturated carbocycles. The van der Waals surface area contributed by atoms with Gasteiger partial charge < -0.3 is 5.11 Å². The molecule has 0 amide bonds. The molecule has 0 spiro atoms. The van der Waals surface area contributed by atoms with Crippen LogP contribution in [0.4, 0.5) is 17.6 Å².